The van der Waals surface area contributed by atoms with Gasteiger partial charge in [-0.05, 0) is 26.2 Å². The molecule has 0 saturated carbocycles. The zero-order chi connectivity index (χ0) is 16.1. The smallest absolute Gasteiger partial charge is 0.455 e. The van der Waals surface area contributed by atoms with Crippen molar-refractivity contribution >= 4 is 13.8 Å². The highest BCUT2D eigenvalue weighted by molar-refractivity contribution is 7.46. The first-order valence-electron chi connectivity index (χ1n) is 7.21. The minimum Gasteiger partial charge on any atom is -0.455 e. The molecule has 0 atom stereocenters. The molecule has 0 amide bonds. The first kappa shape index (κ1) is 20.3. The van der Waals surface area contributed by atoms with Gasteiger partial charge in [0.05, 0.1) is 6.61 Å². The van der Waals surface area contributed by atoms with Crippen LogP contribution in [-0.2, 0) is 18.6 Å². The third kappa shape index (κ3) is 15.5. The summed E-state index contributed by atoms with van der Waals surface area (Å²) in [6.45, 7) is 6.73. The zero-order valence-corrected chi connectivity index (χ0v) is 13.5. The Hall–Kier alpha value is -0.680. The molecule has 123 valence electrons. The number of unbranched alkanes of at least 4 members (excludes halogenated alkanes) is 7. The van der Waals surface area contributed by atoms with Crippen molar-refractivity contribution in [2.24, 2.45) is 0 Å². The average Bonchev–Trinajstić information content (AvgIpc) is 2.38. The number of ether oxygens (including phenoxy) is 1. The summed E-state index contributed by atoms with van der Waals surface area (Å²) in [5.41, 5.74) is 0.397. The van der Waals surface area contributed by atoms with E-state index in [4.69, 9.17) is 14.5 Å². The molecule has 7 heteroatoms. The van der Waals surface area contributed by atoms with Gasteiger partial charge in [0.1, 0.15) is 6.61 Å². The minimum absolute atomic E-state index is 0.104. The van der Waals surface area contributed by atoms with Gasteiger partial charge in [0, 0.05) is 5.57 Å². The fourth-order valence-corrected chi connectivity index (χ4v) is 2.00. The van der Waals surface area contributed by atoms with E-state index in [0.29, 0.717) is 12.0 Å². The summed E-state index contributed by atoms with van der Waals surface area (Å²) >= 11 is 0. The van der Waals surface area contributed by atoms with Gasteiger partial charge >= 0.3 is 13.8 Å². The number of carbonyl (C=O) groups is 1. The lowest BCUT2D eigenvalue weighted by molar-refractivity contribution is -0.135. The van der Waals surface area contributed by atoms with Gasteiger partial charge in [-0.2, -0.15) is 0 Å². The van der Waals surface area contributed by atoms with Crippen LogP contribution in [0.5, 0.6) is 0 Å². The molecule has 0 rings (SSSR count). The van der Waals surface area contributed by atoms with Gasteiger partial charge < -0.3 is 14.5 Å². The van der Waals surface area contributed by atoms with E-state index in [1.54, 1.807) is 6.92 Å². The lowest BCUT2D eigenvalue weighted by Crippen LogP contribution is -2.02. The van der Waals surface area contributed by atoms with Crippen molar-refractivity contribution in [2.45, 2.75) is 58.3 Å². The van der Waals surface area contributed by atoms with Gasteiger partial charge in [-0.15, -0.1) is 0 Å². The molecular weight excluding hydrogens is 295 g/mol. The van der Waals surface area contributed by atoms with Crippen LogP contribution in [0.25, 0.3) is 0 Å². The Morgan fingerprint density at radius 3 is 2.14 bits per heavy atom. The number of phosphoric ester groups is 1. The second-order valence-electron chi connectivity index (χ2n) is 4.94. The monoisotopic (exact) mass is 321 g/mol. The molecule has 0 saturated heterocycles. The molecule has 0 spiro atoms. The fourth-order valence-electron chi connectivity index (χ4n) is 1.63. The predicted octanol–water partition coefficient (Wildman–Crippen LogP) is 3.50. The molecule has 0 aromatic carbocycles. The Bertz CT molecular complexity index is 349. The Balaban J connectivity index is 3.18. The third-order valence-corrected chi connectivity index (χ3v) is 3.28. The van der Waals surface area contributed by atoms with Crippen molar-refractivity contribution in [1.29, 1.82) is 0 Å². The van der Waals surface area contributed by atoms with E-state index in [-0.39, 0.29) is 12.6 Å². The quantitative estimate of drug-likeness (QED) is 0.233. The van der Waals surface area contributed by atoms with Crippen molar-refractivity contribution in [3.63, 3.8) is 0 Å². The molecule has 21 heavy (non-hydrogen) atoms. The number of hydrogen-bond acceptors (Lipinski definition) is 4. The number of phosphoric acid groups is 1. The van der Waals surface area contributed by atoms with Gasteiger partial charge in [0.25, 0.3) is 0 Å². The SMILES string of the molecule is C=C(C)C(=O)O[CH]CCCCCCCCCOP(=O)(O)O. The highest BCUT2D eigenvalue weighted by atomic mass is 31.2. The average molecular weight is 321 g/mol. The van der Waals surface area contributed by atoms with Crippen LogP contribution >= 0.6 is 7.82 Å². The summed E-state index contributed by atoms with van der Waals surface area (Å²) in [5.74, 6) is -0.382. The minimum atomic E-state index is -4.30. The molecular formula is C14H26O6P. The molecule has 0 aliphatic rings. The largest absolute Gasteiger partial charge is 0.469 e. The topological polar surface area (TPSA) is 93.1 Å². The lowest BCUT2D eigenvalue weighted by atomic mass is 10.1. The predicted molar refractivity (Wildman–Crippen MR) is 80.1 cm³/mol. The van der Waals surface area contributed by atoms with E-state index < -0.39 is 7.82 Å². The number of hydrogen-bond donors (Lipinski definition) is 2. The van der Waals surface area contributed by atoms with Gasteiger partial charge in [0.15, 0.2) is 0 Å². The summed E-state index contributed by atoms with van der Waals surface area (Å²) in [6.07, 6.45) is 7.57. The highest BCUT2D eigenvalue weighted by Gasteiger charge is 2.12. The molecule has 0 aromatic heterocycles. The van der Waals surface area contributed by atoms with Gasteiger partial charge in [-0.25, -0.2) is 9.36 Å². The standard InChI is InChI=1S/C14H26O6P/c1-13(2)14(15)19-11-9-7-5-3-4-6-8-10-12-20-21(16,17)18/h11H,1,3-10,12H2,2H3,(H2,16,17,18). The van der Waals surface area contributed by atoms with Gasteiger partial charge in [0.2, 0.25) is 0 Å². The van der Waals surface area contributed by atoms with Crippen LogP contribution in [0.4, 0.5) is 0 Å². The van der Waals surface area contributed by atoms with Crippen LogP contribution in [0.1, 0.15) is 58.3 Å². The van der Waals surface area contributed by atoms with Crippen LogP contribution in [0.3, 0.4) is 0 Å². The Morgan fingerprint density at radius 1 is 1.10 bits per heavy atom. The van der Waals surface area contributed by atoms with Crippen molar-refractivity contribution in [1.82, 2.24) is 0 Å². The number of carbonyl (C=O) groups excluding carboxylic acids is 1. The van der Waals surface area contributed by atoms with Crippen LogP contribution in [0.15, 0.2) is 12.2 Å². The molecule has 0 aromatic rings. The molecule has 0 unspecified atom stereocenters. The van der Waals surface area contributed by atoms with Crippen molar-refractivity contribution in [3.05, 3.63) is 18.8 Å². The van der Waals surface area contributed by atoms with Crippen LogP contribution in [-0.4, -0.2) is 22.4 Å². The van der Waals surface area contributed by atoms with Crippen molar-refractivity contribution in [2.75, 3.05) is 6.61 Å². The first-order chi connectivity index (χ1) is 9.83. The first-order valence-corrected chi connectivity index (χ1v) is 8.74. The van der Waals surface area contributed by atoms with Gasteiger partial charge in [-0.3, -0.25) is 4.52 Å². The Kier molecular flexibility index (Phi) is 11.5. The summed E-state index contributed by atoms with van der Waals surface area (Å²) in [6, 6.07) is 0. The van der Waals surface area contributed by atoms with Crippen LogP contribution in [0.2, 0.25) is 0 Å². The zero-order valence-electron chi connectivity index (χ0n) is 12.6. The summed E-state index contributed by atoms with van der Waals surface area (Å²) in [5, 5.41) is 0. The van der Waals surface area contributed by atoms with Crippen molar-refractivity contribution < 1.29 is 28.4 Å². The molecule has 0 heterocycles. The molecule has 0 aliphatic carbocycles. The summed E-state index contributed by atoms with van der Waals surface area (Å²) in [4.78, 5) is 28.0. The van der Waals surface area contributed by atoms with Crippen LogP contribution in [0, 0.1) is 6.61 Å². The Labute approximate surface area is 126 Å². The maximum atomic E-state index is 11.1. The van der Waals surface area contributed by atoms with E-state index in [0.717, 1.165) is 44.9 Å². The number of esters is 1. The second kappa shape index (κ2) is 11.9. The maximum Gasteiger partial charge on any atom is 0.469 e. The van der Waals surface area contributed by atoms with E-state index in [1.807, 2.05) is 0 Å². The van der Waals surface area contributed by atoms with E-state index >= 15 is 0 Å². The third-order valence-electron chi connectivity index (χ3n) is 2.76. The molecule has 6 nitrogen and oxygen atoms in total. The van der Waals surface area contributed by atoms with Gasteiger partial charge in [-0.1, -0.05) is 38.7 Å². The highest BCUT2D eigenvalue weighted by Crippen LogP contribution is 2.35. The molecule has 2 N–H and O–H groups in total. The summed E-state index contributed by atoms with van der Waals surface area (Å²) in [7, 11) is -4.30. The molecule has 0 bridgehead atoms. The number of rotatable bonds is 13. The normalized spacial score (nSPS) is 11.4. The lowest BCUT2D eigenvalue weighted by Gasteiger charge is -2.05. The molecule has 0 fully saturated rings. The second-order valence-corrected chi connectivity index (χ2v) is 6.18. The summed E-state index contributed by atoms with van der Waals surface area (Å²) < 4.78 is 19.6. The van der Waals surface area contributed by atoms with E-state index in [1.165, 1.54) is 6.61 Å². The Morgan fingerprint density at radius 2 is 1.62 bits per heavy atom. The van der Waals surface area contributed by atoms with E-state index in [2.05, 4.69) is 11.1 Å². The maximum absolute atomic E-state index is 11.1. The fraction of sp³-hybridized carbons (Fsp3) is 0.714. The van der Waals surface area contributed by atoms with Crippen molar-refractivity contribution in [3.8, 4) is 0 Å². The van der Waals surface area contributed by atoms with Crippen LogP contribution < -0.4 is 0 Å². The van der Waals surface area contributed by atoms with E-state index in [9.17, 15) is 9.36 Å². The molecule has 1 radical (unpaired) electrons. The molecule has 0 aliphatic heterocycles.